The van der Waals surface area contributed by atoms with Crippen molar-refractivity contribution in [2.45, 2.75) is 71.8 Å². The quantitative estimate of drug-likeness (QED) is 0.513. The number of rotatable bonds is 13. The molecule has 0 aromatic rings. The van der Waals surface area contributed by atoms with Gasteiger partial charge in [-0.3, -0.25) is 0 Å². The Morgan fingerprint density at radius 3 is 2.32 bits per heavy atom. The molecule has 0 fully saturated rings. The minimum atomic E-state index is -3.10. The highest BCUT2D eigenvalue weighted by Crippen LogP contribution is 2.06. The zero-order chi connectivity index (χ0) is 14.6. The Hall–Kier alpha value is -0.130. The molecule has 0 saturated heterocycles. The van der Waals surface area contributed by atoms with Crippen molar-refractivity contribution in [3.63, 3.8) is 0 Å². The van der Waals surface area contributed by atoms with Crippen molar-refractivity contribution < 1.29 is 8.42 Å². The Balaban J connectivity index is 3.69. The number of nitrogens with one attached hydrogen (secondary N) is 2. The molecule has 0 spiro atoms. The summed E-state index contributed by atoms with van der Waals surface area (Å²) in [6.45, 7) is 7.98. The van der Waals surface area contributed by atoms with Crippen LogP contribution >= 0.6 is 0 Å². The highest BCUT2D eigenvalue weighted by Gasteiger charge is 2.13. The summed E-state index contributed by atoms with van der Waals surface area (Å²) in [4.78, 5) is 0. The number of hydrogen-bond acceptors (Lipinski definition) is 3. The van der Waals surface area contributed by atoms with E-state index in [0.717, 1.165) is 32.4 Å². The fourth-order valence-electron chi connectivity index (χ4n) is 1.99. The molecule has 19 heavy (non-hydrogen) atoms. The molecular weight excluding hydrogens is 260 g/mol. The molecule has 116 valence electrons. The van der Waals surface area contributed by atoms with E-state index in [1.54, 1.807) is 0 Å². The smallest absolute Gasteiger partial charge is 0.211 e. The first-order valence-corrected chi connectivity index (χ1v) is 9.37. The van der Waals surface area contributed by atoms with Gasteiger partial charge in [0.1, 0.15) is 0 Å². The lowest BCUT2D eigenvalue weighted by Crippen LogP contribution is -2.35. The van der Waals surface area contributed by atoms with Gasteiger partial charge in [0, 0.05) is 6.04 Å². The molecule has 0 radical (unpaired) electrons. The number of unbranched alkanes of at least 4 members (excludes halogenated alkanes) is 3. The molecule has 4 nitrogen and oxygen atoms in total. The second-order valence-corrected chi connectivity index (χ2v) is 7.16. The second kappa shape index (κ2) is 11.7. The third-order valence-electron chi connectivity index (χ3n) is 3.06. The monoisotopic (exact) mass is 292 g/mol. The fourth-order valence-corrected chi connectivity index (χ4v) is 3.36. The van der Waals surface area contributed by atoms with Crippen LogP contribution in [-0.2, 0) is 10.0 Å². The zero-order valence-electron chi connectivity index (χ0n) is 12.9. The normalized spacial score (nSPS) is 13.6. The predicted molar refractivity (Wildman–Crippen MR) is 82.9 cm³/mol. The van der Waals surface area contributed by atoms with Gasteiger partial charge in [0.2, 0.25) is 10.0 Å². The first-order chi connectivity index (χ1) is 9.02. The van der Waals surface area contributed by atoms with Crippen LogP contribution in [0.3, 0.4) is 0 Å². The van der Waals surface area contributed by atoms with E-state index in [1.807, 2.05) is 6.92 Å². The van der Waals surface area contributed by atoms with Crippen LogP contribution in [0.4, 0.5) is 0 Å². The van der Waals surface area contributed by atoms with E-state index in [2.05, 4.69) is 23.9 Å². The highest BCUT2D eigenvalue weighted by molar-refractivity contribution is 7.89. The molecule has 1 atom stereocenters. The van der Waals surface area contributed by atoms with Gasteiger partial charge in [0.15, 0.2) is 0 Å². The van der Waals surface area contributed by atoms with Crippen LogP contribution in [-0.4, -0.2) is 33.3 Å². The van der Waals surface area contributed by atoms with Gasteiger partial charge in [0.05, 0.1) is 5.75 Å². The summed E-state index contributed by atoms with van der Waals surface area (Å²) in [5, 5.41) is 3.22. The van der Waals surface area contributed by atoms with Crippen LogP contribution < -0.4 is 10.0 Å². The van der Waals surface area contributed by atoms with E-state index < -0.39 is 10.0 Å². The maximum Gasteiger partial charge on any atom is 0.211 e. The Labute approximate surface area is 119 Å². The van der Waals surface area contributed by atoms with Crippen LogP contribution in [0.1, 0.15) is 65.7 Å². The molecule has 0 amide bonds. The van der Waals surface area contributed by atoms with Gasteiger partial charge in [-0.25, -0.2) is 13.1 Å². The average molecular weight is 292 g/mol. The summed E-state index contributed by atoms with van der Waals surface area (Å²) in [7, 11) is -3.10. The molecule has 5 heteroatoms. The lowest BCUT2D eigenvalue weighted by atomic mass is 10.1. The molecule has 2 N–H and O–H groups in total. The third kappa shape index (κ3) is 12.6. The van der Waals surface area contributed by atoms with Gasteiger partial charge in [-0.15, -0.1) is 0 Å². The molecule has 0 aliphatic carbocycles. The van der Waals surface area contributed by atoms with Crippen LogP contribution in [0.25, 0.3) is 0 Å². The lowest BCUT2D eigenvalue weighted by molar-refractivity contribution is 0.520. The Bertz CT molecular complexity index is 292. The summed E-state index contributed by atoms with van der Waals surface area (Å²) in [5.74, 6) is 0.225. The molecule has 0 rings (SSSR count). The highest BCUT2D eigenvalue weighted by atomic mass is 32.2. The maximum atomic E-state index is 11.8. The largest absolute Gasteiger partial charge is 0.317 e. The van der Waals surface area contributed by atoms with Gasteiger partial charge < -0.3 is 5.32 Å². The minimum Gasteiger partial charge on any atom is -0.317 e. The summed E-state index contributed by atoms with van der Waals surface area (Å²) < 4.78 is 26.4. The van der Waals surface area contributed by atoms with Crippen molar-refractivity contribution in [2.24, 2.45) is 0 Å². The summed E-state index contributed by atoms with van der Waals surface area (Å²) in [6.07, 6.45) is 7.46. The van der Waals surface area contributed by atoms with Crippen LogP contribution in [0.15, 0.2) is 0 Å². The van der Waals surface area contributed by atoms with Crippen molar-refractivity contribution in [1.82, 2.24) is 10.0 Å². The van der Waals surface area contributed by atoms with E-state index in [9.17, 15) is 8.42 Å². The zero-order valence-corrected chi connectivity index (χ0v) is 13.7. The van der Waals surface area contributed by atoms with Gasteiger partial charge in [-0.1, -0.05) is 39.5 Å². The van der Waals surface area contributed by atoms with Crippen molar-refractivity contribution in [3.05, 3.63) is 0 Å². The topological polar surface area (TPSA) is 58.2 Å². The molecule has 0 aromatic carbocycles. The number of hydrogen-bond donors (Lipinski definition) is 2. The van der Waals surface area contributed by atoms with Gasteiger partial charge in [-0.2, -0.15) is 0 Å². The molecule has 0 aliphatic rings. The minimum absolute atomic E-state index is 0.0606. The molecule has 0 aliphatic heterocycles. The van der Waals surface area contributed by atoms with Crippen molar-refractivity contribution in [2.75, 3.05) is 18.8 Å². The second-order valence-electron chi connectivity index (χ2n) is 5.29. The third-order valence-corrected chi connectivity index (χ3v) is 4.65. The molecular formula is C14H32N2O2S. The summed E-state index contributed by atoms with van der Waals surface area (Å²) >= 11 is 0. The van der Waals surface area contributed by atoms with Crippen molar-refractivity contribution in [3.8, 4) is 0 Å². The standard InChI is InChI=1S/C14H32N2O2S/c1-4-6-7-8-10-14(3)16-19(17,18)13-9-12-15-11-5-2/h14-16H,4-13H2,1-3H3. The van der Waals surface area contributed by atoms with E-state index in [0.29, 0.717) is 6.42 Å². The summed E-state index contributed by atoms with van der Waals surface area (Å²) in [6, 6.07) is 0.0606. The SMILES string of the molecule is CCCCCCC(C)NS(=O)(=O)CCCNCCC. The fraction of sp³-hybridized carbons (Fsp3) is 1.00. The van der Waals surface area contributed by atoms with E-state index >= 15 is 0 Å². The van der Waals surface area contributed by atoms with E-state index in [-0.39, 0.29) is 11.8 Å². The van der Waals surface area contributed by atoms with Gasteiger partial charge >= 0.3 is 0 Å². The van der Waals surface area contributed by atoms with Gasteiger partial charge in [0.25, 0.3) is 0 Å². The van der Waals surface area contributed by atoms with Crippen molar-refractivity contribution >= 4 is 10.0 Å². The van der Waals surface area contributed by atoms with E-state index in [1.165, 1.54) is 19.3 Å². The van der Waals surface area contributed by atoms with Crippen LogP contribution in [0.5, 0.6) is 0 Å². The Morgan fingerprint density at radius 2 is 1.68 bits per heavy atom. The first-order valence-electron chi connectivity index (χ1n) is 7.72. The number of sulfonamides is 1. The molecule has 0 aromatic heterocycles. The predicted octanol–water partition coefficient (Wildman–Crippen LogP) is 2.65. The van der Waals surface area contributed by atoms with Crippen LogP contribution in [0.2, 0.25) is 0 Å². The van der Waals surface area contributed by atoms with Crippen LogP contribution in [0, 0.1) is 0 Å². The maximum absolute atomic E-state index is 11.8. The first kappa shape index (κ1) is 18.9. The lowest BCUT2D eigenvalue weighted by Gasteiger charge is -2.14. The Morgan fingerprint density at radius 1 is 0.947 bits per heavy atom. The van der Waals surface area contributed by atoms with Crippen molar-refractivity contribution in [1.29, 1.82) is 0 Å². The molecule has 0 bridgehead atoms. The molecule has 1 unspecified atom stereocenters. The average Bonchev–Trinajstić information content (AvgIpc) is 2.34. The molecule has 0 heterocycles. The Kier molecular flexibility index (Phi) is 11.6. The van der Waals surface area contributed by atoms with E-state index in [4.69, 9.17) is 0 Å². The summed E-state index contributed by atoms with van der Waals surface area (Å²) in [5.41, 5.74) is 0. The molecule has 0 saturated carbocycles. The van der Waals surface area contributed by atoms with Gasteiger partial charge in [-0.05, 0) is 39.3 Å².